The molecule has 0 amide bonds. The van der Waals surface area contributed by atoms with E-state index in [4.69, 9.17) is 16.3 Å². The standard InChI is InChI=1S/C12H17ClFNO/c1-15-10(8-16-2)7-6-9-4-3-5-11(13)12(9)14/h3-5,10,15H,6-8H2,1-2H3. The van der Waals surface area contributed by atoms with Crippen LogP contribution in [0.5, 0.6) is 0 Å². The number of nitrogens with one attached hydrogen (secondary N) is 1. The number of likely N-dealkylation sites (N-methyl/N-ethyl adjacent to an activating group) is 1. The van der Waals surface area contributed by atoms with Crippen molar-refractivity contribution in [3.63, 3.8) is 0 Å². The molecule has 1 aromatic carbocycles. The van der Waals surface area contributed by atoms with Gasteiger partial charge < -0.3 is 10.1 Å². The Morgan fingerprint density at radius 3 is 2.88 bits per heavy atom. The first-order valence-electron chi connectivity index (χ1n) is 5.28. The number of aryl methyl sites for hydroxylation is 1. The molecule has 0 spiro atoms. The summed E-state index contributed by atoms with van der Waals surface area (Å²) in [5.74, 6) is -0.309. The first kappa shape index (κ1) is 13.4. The molecule has 1 aromatic rings. The monoisotopic (exact) mass is 245 g/mol. The SMILES string of the molecule is CNC(CCc1cccc(Cl)c1F)COC. The molecule has 0 aliphatic heterocycles. The van der Waals surface area contributed by atoms with E-state index in [1.54, 1.807) is 25.3 Å². The zero-order valence-corrected chi connectivity index (χ0v) is 10.4. The van der Waals surface area contributed by atoms with Gasteiger partial charge in [0.15, 0.2) is 0 Å². The third kappa shape index (κ3) is 3.74. The van der Waals surface area contributed by atoms with E-state index in [0.717, 1.165) is 6.42 Å². The van der Waals surface area contributed by atoms with E-state index in [2.05, 4.69) is 5.32 Å². The molecule has 0 saturated heterocycles. The summed E-state index contributed by atoms with van der Waals surface area (Å²) in [4.78, 5) is 0. The van der Waals surface area contributed by atoms with Crippen molar-refractivity contribution >= 4 is 11.6 Å². The fourth-order valence-electron chi connectivity index (χ4n) is 1.58. The maximum atomic E-state index is 13.6. The van der Waals surface area contributed by atoms with E-state index in [-0.39, 0.29) is 16.9 Å². The summed E-state index contributed by atoms with van der Waals surface area (Å²) < 4.78 is 18.6. The van der Waals surface area contributed by atoms with E-state index in [1.807, 2.05) is 7.05 Å². The third-order valence-electron chi connectivity index (χ3n) is 2.57. The van der Waals surface area contributed by atoms with Gasteiger partial charge >= 0.3 is 0 Å². The Labute approximate surface area is 101 Å². The normalized spacial score (nSPS) is 12.8. The quantitative estimate of drug-likeness (QED) is 0.832. The maximum absolute atomic E-state index is 13.6. The van der Waals surface area contributed by atoms with E-state index in [0.29, 0.717) is 18.6 Å². The molecule has 0 radical (unpaired) electrons. The second-order valence-electron chi connectivity index (χ2n) is 3.69. The zero-order valence-electron chi connectivity index (χ0n) is 9.59. The molecule has 1 unspecified atom stereocenters. The van der Waals surface area contributed by atoms with Gasteiger partial charge in [0.05, 0.1) is 11.6 Å². The number of hydrogen-bond acceptors (Lipinski definition) is 2. The van der Waals surface area contributed by atoms with Gasteiger partial charge in [-0.25, -0.2) is 4.39 Å². The minimum atomic E-state index is -0.309. The lowest BCUT2D eigenvalue weighted by atomic mass is 10.1. The van der Waals surface area contributed by atoms with Crippen molar-refractivity contribution in [2.75, 3.05) is 20.8 Å². The highest BCUT2D eigenvalue weighted by atomic mass is 35.5. The first-order valence-corrected chi connectivity index (χ1v) is 5.66. The Morgan fingerprint density at radius 1 is 1.50 bits per heavy atom. The fourth-order valence-corrected chi connectivity index (χ4v) is 1.78. The summed E-state index contributed by atoms with van der Waals surface area (Å²) in [6, 6.07) is 5.33. The molecule has 0 heterocycles. The molecule has 1 atom stereocenters. The Hall–Kier alpha value is -0.640. The van der Waals surface area contributed by atoms with Crippen LogP contribution in [-0.4, -0.2) is 26.8 Å². The molecule has 0 aliphatic rings. The highest BCUT2D eigenvalue weighted by molar-refractivity contribution is 6.30. The number of methoxy groups -OCH3 is 1. The Morgan fingerprint density at radius 2 is 2.25 bits per heavy atom. The molecule has 0 aliphatic carbocycles. The maximum Gasteiger partial charge on any atom is 0.144 e. The number of rotatable bonds is 6. The summed E-state index contributed by atoms with van der Waals surface area (Å²) in [5.41, 5.74) is 0.656. The van der Waals surface area contributed by atoms with Gasteiger partial charge in [0, 0.05) is 13.2 Å². The number of halogens is 2. The van der Waals surface area contributed by atoms with Crippen LogP contribution in [0.25, 0.3) is 0 Å². The lowest BCUT2D eigenvalue weighted by Crippen LogP contribution is -2.30. The summed E-state index contributed by atoms with van der Waals surface area (Å²) in [6.07, 6.45) is 1.48. The van der Waals surface area contributed by atoms with Gasteiger partial charge in [0.25, 0.3) is 0 Å². The van der Waals surface area contributed by atoms with Crippen molar-refractivity contribution in [1.29, 1.82) is 0 Å². The first-order chi connectivity index (χ1) is 7.69. The van der Waals surface area contributed by atoms with E-state index in [1.165, 1.54) is 0 Å². The van der Waals surface area contributed by atoms with Crippen LogP contribution in [0.1, 0.15) is 12.0 Å². The van der Waals surface area contributed by atoms with Gasteiger partial charge in [-0.15, -0.1) is 0 Å². The van der Waals surface area contributed by atoms with Crippen LogP contribution in [0.3, 0.4) is 0 Å². The molecule has 0 fully saturated rings. The van der Waals surface area contributed by atoms with Gasteiger partial charge in [-0.2, -0.15) is 0 Å². The van der Waals surface area contributed by atoms with E-state index < -0.39 is 0 Å². The average Bonchev–Trinajstić information content (AvgIpc) is 2.29. The van der Waals surface area contributed by atoms with Crippen molar-refractivity contribution in [3.8, 4) is 0 Å². The molecule has 0 saturated carbocycles. The van der Waals surface area contributed by atoms with Crippen LogP contribution in [0.4, 0.5) is 4.39 Å². The average molecular weight is 246 g/mol. The smallest absolute Gasteiger partial charge is 0.144 e. The summed E-state index contributed by atoms with van der Waals surface area (Å²) in [5, 5.41) is 3.31. The summed E-state index contributed by atoms with van der Waals surface area (Å²) in [6.45, 7) is 0.624. The van der Waals surface area contributed by atoms with Gasteiger partial charge in [-0.1, -0.05) is 23.7 Å². The molecule has 2 nitrogen and oxygen atoms in total. The predicted molar refractivity (Wildman–Crippen MR) is 64.5 cm³/mol. The Balaban J connectivity index is 2.56. The van der Waals surface area contributed by atoms with Crippen LogP contribution in [0.2, 0.25) is 5.02 Å². The van der Waals surface area contributed by atoms with Crippen molar-refractivity contribution < 1.29 is 9.13 Å². The molecular weight excluding hydrogens is 229 g/mol. The Kier molecular flexibility index (Phi) is 5.74. The molecule has 0 aromatic heterocycles. The van der Waals surface area contributed by atoms with Crippen LogP contribution < -0.4 is 5.32 Å². The molecule has 90 valence electrons. The fraction of sp³-hybridized carbons (Fsp3) is 0.500. The van der Waals surface area contributed by atoms with Crippen LogP contribution in [0.15, 0.2) is 18.2 Å². The van der Waals surface area contributed by atoms with Crippen molar-refractivity contribution in [1.82, 2.24) is 5.32 Å². The largest absolute Gasteiger partial charge is 0.383 e. The molecule has 1 N–H and O–H groups in total. The van der Waals surface area contributed by atoms with Crippen LogP contribution in [-0.2, 0) is 11.2 Å². The summed E-state index contributed by atoms with van der Waals surface area (Å²) >= 11 is 5.71. The third-order valence-corrected chi connectivity index (χ3v) is 2.86. The predicted octanol–water partition coefficient (Wildman–Crippen LogP) is 2.65. The van der Waals surface area contributed by atoms with Crippen molar-refractivity contribution in [2.45, 2.75) is 18.9 Å². The van der Waals surface area contributed by atoms with Crippen molar-refractivity contribution in [3.05, 3.63) is 34.6 Å². The molecule has 0 bridgehead atoms. The number of hydrogen-bond donors (Lipinski definition) is 1. The van der Waals surface area contributed by atoms with Gasteiger partial charge in [0.2, 0.25) is 0 Å². The second kappa shape index (κ2) is 6.84. The van der Waals surface area contributed by atoms with Gasteiger partial charge in [-0.3, -0.25) is 0 Å². The lowest BCUT2D eigenvalue weighted by Gasteiger charge is -2.15. The van der Waals surface area contributed by atoms with Gasteiger partial charge in [-0.05, 0) is 31.5 Å². The van der Waals surface area contributed by atoms with E-state index in [9.17, 15) is 4.39 Å². The second-order valence-corrected chi connectivity index (χ2v) is 4.10. The van der Waals surface area contributed by atoms with E-state index >= 15 is 0 Å². The van der Waals surface area contributed by atoms with Crippen LogP contribution in [0, 0.1) is 5.82 Å². The minimum Gasteiger partial charge on any atom is -0.383 e. The van der Waals surface area contributed by atoms with Crippen molar-refractivity contribution in [2.24, 2.45) is 0 Å². The molecule has 1 rings (SSSR count). The summed E-state index contributed by atoms with van der Waals surface area (Å²) in [7, 11) is 3.53. The highest BCUT2D eigenvalue weighted by Crippen LogP contribution is 2.19. The zero-order chi connectivity index (χ0) is 12.0. The minimum absolute atomic E-state index is 0.185. The topological polar surface area (TPSA) is 21.3 Å². The Bertz CT molecular complexity index is 333. The molecule has 16 heavy (non-hydrogen) atoms. The number of ether oxygens (including phenoxy) is 1. The lowest BCUT2D eigenvalue weighted by molar-refractivity contribution is 0.166. The molecule has 4 heteroatoms. The van der Waals surface area contributed by atoms with Gasteiger partial charge in [0.1, 0.15) is 5.82 Å². The highest BCUT2D eigenvalue weighted by Gasteiger charge is 2.10. The van der Waals surface area contributed by atoms with Crippen LogP contribution >= 0.6 is 11.6 Å². The molecular formula is C12H17ClFNO. The number of benzene rings is 1.